The van der Waals surface area contributed by atoms with E-state index in [1.807, 2.05) is 49.0 Å². The van der Waals surface area contributed by atoms with Crippen LogP contribution in [0.1, 0.15) is 11.4 Å². The van der Waals surface area contributed by atoms with E-state index in [4.69, 9.17) is 0 Å². The number of anilines is 1. The maximum absolute atomic E-state index is 4.44. The highest BCUT2D eigenvalue weighted by molar-refractivity contribution is 9.10. The molecule has 0 radical (unpaired) electrons. The molecule has 6 heteroatoms. The van der Waals surface area contributed by atoms with Crippen LogP contribution in [0.2, 0.25) is 0 Å². The van der Waals surface area contributed by atoms with Crippen LogP contribution < -0.4 is 5.43 Å². The summed E-state index contributed by atoms with van der Waals surface area (Å²) in [7, 11) is 0. The van der Waals surface area contributed by atoms with Crippen LogP contribution in [-0.4, -0.2) is 19.3 Å². The minimum Gasteiger partial charge on any atom is -0.262 e. The molecule has 3 heterocycles. The largest absolute Gasteiger partial charge is 0.262 e. The highest BCUT2D eigenvalue weighted by Gasteiger charge is 2.08. The Hall–Kier alpha value is -1.82. The molecule has 0 saturated carbocycles. The Morgan fingerprint density at radius 3 is 2.56 bits per heavy atom. The molecule has 3 aromatic heterocycles. The molecule has 0 aliphatic carbocycles. The number of pyridine rings is 1. The van der Waals surface area contributed by atoms with Gasteiger partial charge in [0.15, 0.2) is 5.65 Å². The molecule has 18 heavy (non-hydrogen) atoms. The van der Waals surface area contributed by atoms with Gasteiger partial charge in [0.1, 0.15) is 0 Å². The predicted molar refractivity (Wildman–Crippen MR) is 73.6 cm³/mol. The maximum atomic E-state index is 4.44. The lowest BCUT2D eigenvalue weighted by atomic mass is 10.5. The maximum Gasteiger partial charge on any atom is 0.262 e. The van der Waals surface area contributed by atoms with Crippen molar-refractivity contribution >= 4 is 27.5 Å². The van der Waals surface area contributed by atoms with E-state index < -0.39 is 0 Å². The van der Waals surface area contributed by atoms with E-state index in [1.165, 1.54) is 0 Å². The summed E-state index contributed by atoms with van der Waals surface area (Å²) in [5.41, 5.74) is 6.22. The number of rotatable bonds is 2. The van der Waals surface area contributed by atoms with Crippen LogP contribution in [-0.2, 0) is 0 Å². The van der Waals surface area contributed by atoms with Crippen LogP contribution in [0.15, 0.2) is 34.9 Å². The van der Waals surface area contributed by atoms with E-state index in [2.05, 4.69) is 31.4 Å². The van der Waals surface area contributed by atoms with Gasteiger partial charge in [0.05, 0.1) is 4.47 Å². The van der Waals surface area contributed by atoms with E-state index >= 15 is 0 Å². The summed E-state index contributed by atoms with van der Waals surface area (Å²) in [4.78, 5) is 4.44. The minimum absolute atomic E-state index is 0.573. The zero-order valence-electron chi connectivity index (χ0n) is 10.1. The first kappa shape index (κ1) is 11.3. The number of aryl methyl sites for hydroxylation is 2. The molecule has 0 amide bonds. The topological polar surface area (TPSA) is 47.2 Å². The zero-order valence-corrected chi connectivity index (χ0v) is 11.6. The number of hydrogen-bond donors (Lipinski definition) is 1. The SMILES string of the molecule is Cc1ccc(C)n1Nc1nc2c(Br)cccn2n1. The number of nitrogens with zero attached hydrogens (tertiary/aromatic N) is 4. The number of hydrogen-bond acceptors (Lipinski definition) is 3. The summed E-state index contributed by atoms with van der Waals surface area (Å²) in [6, 6.07) is 7.96. The molecule has 0 saturated heterocycles. The molecule has 0 aliphatic rings. The van der Waals surface area contributed by atoms with E-state index in [1.54, 1.807) is 4.52 Å². The highest BCUT2D eigenvalue weighted by Crippen LogP contribution is 2.17. The van der Waals surface area contributed by atoms with Crippen molar-refractivity contribution in [2.45, 2.75) is 13.8 Å². The van der Waals surface area contributed by atoms with Crippen molar-refractivity contribution in [3.8, 4) is 0 Å². The second-order valence-electron chi connectivity index (χ2n) is 4.12. The standard InChI is InChI=1S/C12H12BrN5/c1-8-5-6-9(2)18(8)16-12-14-11-10(13)4-3-7-17(11)15-12/h3-7H,1-2H3,(H,15,16). The van der Waals surface area contributed by atoms with Crippen LogP contribution in [0.5, 0.6) is 0 Å². The van der Waals surface area contributed by atoms with Gasteiger partial charge in [-0.15, -0.1) is 5.10 Å². The van der Waals surface area contributed by atoms with Crippen molar-refractivity contribution in [3.05, 3.63) is 46.3 Å². The van der Waals surface area contributed by atoms with E-state index in [0.717, 1.165) is 21.5 Å². The number of nitrogens with one attached hydrogen (secondary N) is 1. The summed E-state index contributed by atoms with van der Waals surface area (Å²) >= 11 is 3.46. The average molecular weight is 306 g/mol. The van der Waals surface area contributed by atoms with Crippen molar-refractivity contribution in [1.29, 1.82) is 0 Å². The fraction of sp³-hybridized carbons (Fsp3) is 0.167. The fourth-order valence-corrected chi connectivity index (χ4v) is 2.29. The molecule has 5 nitrogen and oxygen atoms in total. The quantitative estimate of drug-likeness (QED) is 0.792. The molecular formula is C12H12BrN5. The minimum atomic E-state index is 0.573. The van der Waals surface area contributed by atoms with Gasteiger partial charge in [0.25, 0.3) is 5.95 Å². The van der Waals surface area contributed by atoms with Gasteiger partial charge in [-0.2, -0.15) is 4.98 Å². The van der Waals surface area contributed by atoms with Gasteiger partial charge in [-0.1, -0.05) is 0 Å². The van der Waals surface area contributed by atoms with Crippen LogP contribution in [0.4, 0.5) is 5.95 Å². The van der Waals surface area contributed by atoms with Gasteiger partial charge in [0.2, 0.25) is 0 Å². The molecule has 0 bridgehead atoms. The Morgan fingerprint density at radius 1 is 1.17 bits per heavy atom. The Bertz CT molecular complexity index is 693. The number of fused-ring (bicyclic) bond motifs is 1. The van der Waals surface area contributed by atoms with Crippen molar-refractivity contribution in [2.75, 3.05) is 5.43 Å². The van der Waals surface area contributed by atoms with Gasteiger partial charge < -0.3 is 0 Å². The summed E-state index contributed by atoms with van der Waals surface area (Å²) in [6.45, 7) is 4.07. The zero-order chi connectivity index (χ0) is 12.7. The normalized spacial score (nSPS) is 11.1. The highest BCUT2D eigenvalue weighted by atomic mass is 79.9. The molecule has 1 N–H and O–H groups in total. The Kier molecular flexibility index (Phi) is 2.59. The van der Waals surface area contributed by atoms with Crippen molar-refractivity contribution in [3.63, 3.8) is 0 Å². The van der Waals surface area contributed by atoms with Crippen LogP contribution in [0.3, 0.4) is 0 Å². The third kappa shape index (κ3) is 1.78. The predicted octanol–water partition coefficient (Wildman–Crippen LogP) is 2.79. The van der Waals surface area contributed by atoms with Gasteiger partial charge in [0, 0.05) is 17.6 Å². The lowest BCUT2D eigenvalue weighted by molar-refractivity contribution is 0.848. The van der Waals surface area contributed by atoms with E-state index in [0.29, 0.717) is 5.95 Å². The monoisotopic (exact) mass is 305 g/mol. The van der Waals surface area contributed by atoms with Crippen molar-refractivity contribution in [2.24, 2.45) is 0 Å². The van der Waals surface area contributed by atoms with Gasteiger partial charge >= 0.3 is 0 Å². The van der Waals surface area contributed by atoms with E-state index in [9.17, 15) is 0 Å². The van der Waals surface area contributed by atoms with Gasteiger partial charge in [-0.25, -0.2) is 4.52 Å². The summed E-state index contributed by atoms with van der Waals surface area (Å²) in [5.74, 6) is 0.573. The Balaban J connectivity index is 2.03. The number of aromatic nitrogens is 4. The van der Waals surface area contributed by atoms with Gasteiger partial charge in [-0.3, -0.25) is 10.1 Å². The molecule has 0 aliphatic heterocycles. The molecule has 3 rings (SSSR count). The third-order valence-corrected chi connectivity index (χ3v) is 3.42. The molecule has 92 valence electrons. The molecule has 3 aromatic rings. The van der Waals surface area contributed by atoms with Crippen LogP contribution in [0.25, 0.3) is 5.65 Å². The second kappa shape index (κ2) is 4.13. The molecule has 0 unspecified atom stereocenters. The average Bonchev–Trinajstić information content (AvgIpc) is 2.89. The first-order valence-corrected chi connectivity index (χ1v) is 6.37. The Morgan fingerprint density at radius 2 is 1.89 bits per heavy atom. The van der Waals surface area contributed by atoms with Crippen molar-refractivity contribution in [1.82, 2.24) is 19.3 Å². The van der Waals surface area contributed by atoms with Crippen LogP contribution >= 0.6 is 15.9 Å². The molecule has 0 spiro atoms. The van der Waals surface area contributed by atoms with Crippen molar-refractivity contribution < 1.29 is 0 Å². The molecule has 0 fully saturated rings. The first-order valence-electron chi connectivity index (χ1n) is 5.58. The second-order valence-corrected chi connectivity index (χ2v) is 4.98. The van der Waals surface area contributed by atoms with E-state index in [-0.39, 0.29) is 0 Å². The molecule has 0 aromatic carbocycles. The third-order valence-electron chi connectivity index (χ3n) is 2.80. The molecular weight excluding hydrogens is 294 g/mol. The first-order chi connectivity index (χ1) is 8.65. The summed E-state index contributed by atoms with van der Waals surface area (Å²) in [6.07, 6.45) is 1.87. The summed E-state index contributed by atoms with van der Waals surface area (Å²) < 4.78 is 4.62. The Labute approximate surface area is 113 Å². The lowest BCUT2D eigenvalue weighted by Gasteiger charge is -2.08. The summed E-state index contributed by atoms with van der Waals surface area (Å²) in [5, 5.41) is 4.37. The van der Waals surface area contributed by atoms with Crippen LogP contribution in [0, 0.1) is 13.8 Å². The fourth-order valence-electron chi connectivity index (χ4n) is 1.87. The molecule has 0 atom stereocenters. The lowest BCUT2D eigenvalue weighted by Crippen LogP contribution is -2.13. The number of halogens is 1. The van der Waals surface area contributed by atoms with Gasteiger partial charge in [-0.05, 0) is 54.0 Å². The smallest absolute Gasteiger partial charge is 0.262 e.